The van der Waals surface area contributed by atoms with E-state index < -0.39 is 7.26 Å². The van der Waals surface area contributed by atoms with Gasteiger partial charge in [0.2, 0.25) is 0 Å². The van der Waals surface area contributed by atoms with Crippen LogP contribution in [0.4, 0.5) is 0 Å². The van der Waals surface area contributed by atoms with Gasteiger partial charge >= 0.3 is 0 Å². The molecule has 0 spiro atoms. The highest BCUT2D eigenvalue weighted by Crippen LogP contribution is 2.60. The molecule has 0 aliphatic carbocycles. The van der Waals surface area contributed by atoms with E-state index >= 15 is 0 Å². The van der Waals surface area contributed by atoms with Crippen LogP contribution in [0.3, 0.4) is 0 Å². The molecular weight excluding hydrogens is 434 g/mol. The van der Waals surface area contributed by atoms with Crippen molar-refractivity contribution in [2.75, 3.05) is 24.6 Å². The lowest BCUT2D eigenvalue weighted by Gasteiger charge is -2.27. The SMILES string of the molecule is CCCCCCCCCCCCCC[P+](CCC)(CCC)CCC.[I-]. The van der Waals surface area contributed by atoms with Crippen molar-refractivity contribution in [3.63, 3.8) is 0 Å². The summed E-state index contributed by atoms with van der Waals surface area (Å²) < 4.78 is 0. The summed E-state index contributed by atoms with van der Waals surface area (Å²) in [6.45, 7) is 9.52. The maximum atomic E-state index is 2.41. The second-order valence-electron chi connectivity index (χ2n) is 8.13. The number of unbranched alkanes of at least 4 members (excludes halogenated alkanes) is 11. The summed E-state index contributed by atoms with van der Waals surface area (Å²) >= 11 is 0. The van der Waals surface area contributed by atoms with Gasteiger partial charge in [0.15, 0.2) is 0 Å². The molecule has 0 N–H and O–H groups in total. The standard InChI is InChI=1S/C23H50P.HI/c1-5-9-10-11-12-13-14-15-16-17-18-19-23-24(20-6-2,21-7-3)22-8-4;/h5-23H2,1-4H3;1H/q+1;/p-1. The second-order valence-corrected chi connectivity index (χ2v) is 12.6. The number of hydrogen-bond donors (Lipinski definition) is 0. The molecule has 0 nitrogen and oxygen atoms in total. The summed E-state index contributed by atoms with van der Waals surface area (Å²) in [6, 6.07) is 0. The van der Waals surface area contributed by atoms with Crippen molar-refractivity contribution in [1.29, 1.82) is 0 Å². The van der Waals surface area contributed by atoms with Gasteiger partial charge in [-0.05, 0) is 32.1 Å². The zero-order valence-corrected chi connectivity index (χ0v) is 21.3. The molecule has 0 fully saturated rings. The smallest absolute Gasteiger partial charge is 0.0594 e. The van der Waals surface area contributed by atoms with Crippen molar-refractivity contribution in [3.05, 3.63) is 0 Å². The monoisotopic (exact) mass is 484 g/mol. The van der Waals surface area contributed by atoms with Crippen LogP contribution in [-0.4, -0.2) is 24.6 Å². The molecule has 0 aliphatic rings. The molecule has 0 aliphatic heterocycles. The predicted molar refractivity (Wildman–Crippen MR) is 118 cm³/mol. The summed E-state index contributed by atoms with van der Waals surface area (Å²) in [7, 11) is -0.576. The lowest BCUT2D eigenvalue weighted by Crippen LogP contribution is -3.00. The average Bonchev–Trinajstić information content (AvgIpc) is 2.56. The Morgan fingerprint density at radius 3 is 1.00 bits per heavy atom. The number of hydrogen-bond acceptors (Lipinski definition) is 0. The van der Waals surface area contributed by atoms with Crippen molar-refractivity contribution < 1.29 is 24.0 Å². The molecule has 0 heterocycles. The normalized spacial score (nSPS) is 11.5. The summed E-state index contributed by atoms with van der Waals surface area (Å²) in [5.41, 5.74) is 0. The molecule has 2 heteroatoms. The first-order chi connectivity index (χ1) is 11.7. The minimum atomic E-state index is -0.576. The molecule has 154 valence electrons. The van der Waals surface area contributed by atoms with Crippen LogP contribution < -0.4 is 24.0 Å². The lowest BCUT2D eigenvalue weighted by molar-refractivity contribution is -0.00000560. The van der Waals surface area contributed by atoms with Gasteiger partial charge in [-0.3, -0.25) is 0 Å². The van der Waals surface area contributed by atoms with Gasteiger partial charge in [-0.2, -0.15) is 0 Å². The molecule has 0 bridgehead atoms. The fraction of sp³-hybridized carbons (Fsp3) is 1.00. The van der Waals surface area contributed by atoms with Crippen molar-refractivity contribution >= 4 is 7.26 Å². The van der Waals surface area contributed by atoms with Gasteiger partial charge in [-0.25, -0.2) is 0 Å². The molecule has 0 amide bonds. The Labute approximate surface area is 179 Å². The predicted octanol–water partition coefficient (Wildman–Crippen LogP) is 5.94. The molecule has 25 heavy (non-hydrogen) atoms. The maximum absolute atomic E-state index is 2.41. The van der Waals surface area contributed by atoms with Crippen LogP contribution in [0.1, 0.15) is 124 Å². The number of rotatable bonds is 19. The van der Waals surface area contributed by atoms with Gasteiger partial charge in [0.25, 0.3) is 0 Å². The van der Waals surface area contributed by atoms with Gasteiger partial charge in [-0.15, -0.1) is 0 Å². The summed E-state index contributed by atoms with van der Waals surface area (Å²) in [6.07, 6.45) is 28.4. The Kier molecular flexibility index (Phi) is 24.4. The van der Waals surface area contributed by atoms with E-state index in [9.17, 15) is 0 Å². The van der Waals surface area contributed by atoms with Crippen LogP contribution in [0.2, 0.25) is 0 Å². The van der Waals surface area contributed by atoms with E-state index in [1.54, 1.807) is 24.6 Å². The summed E-state index contributed by atoms with van der Waals surface area (Å²) in [5, 5.41) is 0. The molecule has 0 atom stereocenters. The molecular formula is C23H50IP. The molecule has 0 unspecified atom stereocenters. The molecule has 0 saturated carbocycles. The Morgan fingerprint density at radius 2 is 0.680 bits per heavy atom. The maximum Gasteiger partial charge on any atom is 0.0594 e. The minimum absolute atomic E-state index is 0. The molecule has 0 saturated heterocycles. The summed E-state index contributed by atoms with van der Waals surface area (Å²) in [4.78, 5) is 0. The van der Waals surface area contributed by atoms with E-state index in [0.717, 1.165) is 0 Å². The van der Waals surface area contributed by atoms with Gasteiger partial charge in [0, 0.05) is 7.26 Å². The van der Waals surface area contributed by atoms with Gasteiger partial charge in [-0.1, -0.05) is 91.9 Å². The zero-order valence-electron chi connectivity index (χ0n) is 18.3. The molecule has 0 aromatic carbocycles. The van der Waals surface area contributed by atoms with Crippen LogP contribution in [0.25, 0.3) is 0 Å². The highest BCUT2D eigenvalue weighted by molar-refractivity contribution is 7.75. The van der Waals surface area contributed by atoms with Crippen molar-refractivity contribution in [3.8, 4) is 0 Å². The van der Waals surface area contributed by atoms with E-state index in [1.165, 1.54) is 96.3 Å². The van der Waals surface area contributed by atoms with E-state index in [2.05, 4.69) is 27.7 Å². The lowest BCUT2D eigenvalue weighted by atomic mass is 10.1. The largest absolute Gasteiger partial charge is 1.00 e. The van der Waals surface area contributed by atoms with Crippen LogP contribution in [0, 0.1) is 0 Å². The average molecular weight is 485 g/mol. The van der Waals surface area contributed by atoms with Crippen molar-refractivity contribution in [2.45, 2.75) is 124 Å². The second kappa shape index (κ2) is 21.5. The first-order valence-electron chi connectivity index (χ1n) is 11.6. The fourth-order valence-electron chi connectivity index (χ4n) is 4.38. The Hall–Kier alpha value is 1.16. The first kappa shape index (κ1) is 28.4. The first-order valence-corrected chi connectivity index (χ1v) is 14.1. The number of halogens is 1. The van der Waals surface area contributed by atoms with Gasteiger partial charge in [0.05, 0.1) is 24.6 Å². The highest BCUT2D eigenvalue weighted by Gasteiger charge is 2.33. The van der Waals surface area contributed by atoms with E-state index in [4.69, 9.17) is 0 Å². The third-order valence-corrected chi connectivity index (χ3v) is 11.0. The molecule has 0 aromatic heterocycles. The zero-order chi connectivity index (χ0) is 17.9. The molecule has 0 aromatic rings. The van der Waals surface area contributed by atoms with Crippen LogP contribution in [0.15, 0.2) is 0 Å². The Morgan fingerprint density at radius 1 is 0.360 bits per heavy atom. The van der Waals surface area contributed by atoms with Gasteiger partial charge < -0.3 is 24.0 Å². The minimum Gasteiger partial charge on any atom is -1.00 e. The van der Waals surface area contributed by atoms with E-state index in [1.807, 2.05) is 0 Å². The van der Waals surface area contributed by atoms with E-state index in [0.29, 0.717) is 0 Å². The topological polar surface area (TPSA) is 0 Å². The van der Waals surface area contributed by atoms with E-state index in [-0.39, 0.29) is 24.0 Å². The summed E-state index contributed by atoms with van der Waals surface area (Å²) in [5.74, 6) is 0. The Balaban J connectivity index is 0. The third-order valence-electron chi connectivity index (χ3n) is 5.58. The van der Waals surface area contributed by atoms with Crippen molar-refractivity contribution in [2.24, 2.45) is 0 Å². The molecule has 0 rings (SSSR count). The van der Waals surface area contributed by atoms with Crippen LogP contribution in [0.5, 0.6) is 0 Å². The van der Waals surface area contributed by atoms with Crippen LogP contribution in [-0.2, 0) is 0 Å². The molecule has 0 radical (unpaired) electrons. The van der Waals surface area contributed by atoms with Crippen molar-refractivity contribution in [1.82, 2.24) is 0 Å². The highest BCUT2D eigenvalue weighted by atomic mass is 127. The Bertz CT molecular complexity index is 225. The van der Waals surface area contributed by atoms with Gasteiger partial charge in [0.1, 0.15) is 0 Å². The fourth-order valence-corrected chi connectivity index (χ4v) is 9.46. The van der Waals surface area contributed by atoms with Crippen LogP contribution >= 0.6 is 7.26 Å². The third kappa shape index (κ3) is 17.0. The quantitative estimate of drug-likeness (QED) is 0.121.